The van der Waals surface area contributed by atoms with Gasteiger partial charge in [0.25, 0.3) is 0 Å². The molecular formula is C10H12N4O4S. The smallest absolute Gasteiger partial charge is 0.221 e. The molecule has 9 heteroatoms. The van der Waals surface area contributed by atoms with Crippen molar-refractivity contribution in [2.75, 3.05) is 6.61 Å². The average molecular weight is 284 g/mol. The first-order valence-electron chi connectivity index (χ1n) is 5.70. The summed E-state index contributed by atoms with van der Waals surface area (Å²) >= 11 is 4.90. The molecule has 2 aromatic heterocycles. The molecule has 1 aliphatic heterocycles. The molecule has 1 aliphatic rings. The van der Waals surface area contributed by atoms with E-state index in [0.29, 0.717) is 12.1 Å². The first-order valence-corrected chi connectivity index (χ1v) is 6.11. The summed E-state index contributed by atoms with van der Waals surface area (Å²) in [6, 6.07) is 0. The van der Waals surface area contributed by atoms with Crippen LogP contribution in [0.5, 0.6) is 5.88 Å². The number of hydrogen-bond donors (Lipinski definition) is 4. The summed E-state index contributed by atoms with van der Waals surface area (Å²) in [7, 11) is 0. The van der Waals surface area contributed by atoms with Crippen molar-refractivity contribution in [1.82, 2.24) is 19.5 Å². The Morgan fingerprint density at radius 3 is 3.05 bits per heavy atom. The zero-order valence-corrected chi connectivity index (χ0v) is 10.5. The third-order valence-electron chi connectivity index (χ3n) is 3.12. The first kappa shape index (κ1) is 12.5. The van der Waals surface area contributed by atoms with Crippen LogP contribution in [0.4, 0.5) is 0 Å². The highest BCUT2D eigenvalue weighted by molar-refractivity contribution is 7.71. The van der Waals surface area contributed by atoms with Gasteiger partial charge in [0.1, 0.15) is 12.3 Å². The predicted octanol–water partition coefficient (Wildman–Crippen LogP) is -0.165. The fourth-order valence-electron chi connectivity index (χ4n) is 2.18. The lowest BCUT2D eigenvalue weighted by atomic mass is 10.2. The number of aliphatic hydroxyl groups excluding tert-OH is 2. The summed E-state index contributed by atoms with van der Waals surface area (Å²) in [6.45, 7) is -0.261. The molecule has 0 amide bonds. The Morgan fingerprint density at radius 2 is 2.37 bits per heavy atom. The van der Waals surface area contributed by atoms with Crippen molar-refractivity contribution in [3.8, 4) is 5.88 Å². The van der Waals surface area contributed by atoms with Gasteiger partial charge in [0, 0.05) is 6.42 Å². The number of nitrogens with one attached hydrogen (secondary N) is 1. The number of hydrogen-bond acceptors (Lipinski definition) is 7. The number of aromatic hydroxyl groups is 1. The summed E-state index contributed by atoms with van der Waals surface area (Å²) in [6.07, 6.45) is -0.115. The number of aromatic amines is 1. The van der Waals surface area contributed by atoms with Gasteiger partial charge in [-0.25, -0.2) is 4.98 Å². The third-order valence-corrected chi connectivity index (χ3v) is 3.31. The minimum Gasteiger partial charge on any atom is -0.493 e. The van der Waals surface area contributed by atoms with Gasteiger partial charge in [0.2, 0.25) is 10.7 Å². The van der Waals surface area contributed by atoms with Gasteiger partial charge in [-0.1, -0.05) is 0 Å². The minimum atomic E-state index is -0.751. The molecule has 8 nitrogen and oxygen atoms in total. The topological polar surface area (TPSA) is 116 Å². The van der Waals surface area contributed by atoms with Gasteiger partial charge in [-0.05, 0) is 12.2 Å². The molecule has 0 saturated carbocycles. The van der Waals surface area contributed by atoms with Crippen LogP contribution in [-0.2, 0) is 4.74 Å². The highest BCUT2D eigenvalue weighted by Gasteiger charge is 2.35. The van der Waals surface area contributed by atoms with E-state index in [1.165, 1.54) is 6.33 Å². The fourth-order valence-corrected chi connectivity index (χ4v) is 2.36. The van der Waals surface area contributed by atoms with Gasteiger partial charge in [0.05, 0.1) is 19.0 Å². The summed E-state index contributed by atoms with van der Waals surface area (Å²) in [5.74, 6) is -0.161. The molecule has 3 rings (SSSR count). The van der Waals surface area contributed by atoms with Crippen LogP contribution < -0.4 is 0 Å². The van der Waals surface area contributed by atoms with Gasteiger partial charge in [-0.3, -0.25) is 9.55 Å². The van der Waals surface area contributed by atoms with E-state index >= 15 is 0 Å². The molecule has 3 heterocycles. The molecule has 0 unspecified atom stereocenters. The Balaban J connectivity index is 2.05. The number of aromatic nitrogens is 4. The van der Waals surface area contributed by atoms with Crippen molar-refractivity contribution in [3.63, 3.8) is 0 Å². The monoisotopic (exact) mass is 284 g/mol. The van der Waals surface area contributed by atoms with Gasteiger partial charge < -0.3 is 20.1 Å². The van der Waals surface area contributed by atoms with Crippen molar-refractivity contribution < 1.29 is 20.1 Å². The van der Waals surface area contributed by atoms with E-state index in [9.17, 15) is 10.2 Å². The van der Waals surface area contributed by atoms with Crippen LogP contribution in [0.15, 0.2) is 6.33 Å². The van der Waals surface area contributed by atoms with E-state index in [0.717, 1.165) is 0 Å². The van der Waals surface area contributed by atoms with E-state index < -0.39 is 18.4 Å². The Bertz CT molecular complexity index is 669. The zero-order chi connectivity index (χ0) is 13.6. The van der Waals surface area contributed by atoms with Crippen LogP contribution in [0.1, 0.15) is 12.6 Å². The maximum Gasteiger partial charge on any atom is 0.221 e. The molecule has 0 spiro atoms. The second-order valence-electron chi connectivity index (χ2n) is 4.33. The standard InChI is InChI=1S/C10H12N4O4S/c15-2-5-4(16)1-6(18-5)14-3-11-7-8(14)12-10(19)13-9(7)17/h3-6,15-16H,1-2H2,(H2,12,13,17,19)/t4-,5+,6-/m1/s1. The zero-order valence-electron chi connectivity index (χ0n) is 9.72. The van der Waals surface area contributed by atoms with Gasteiger partial charge in [-0.2, -0.15) is 4.98 Å². The molecule has 102 valence electrons. The quantitative estimate of drug-likeness (QED) is 0.566. The predicted molar refractivity (Wildman–Crippen MR) is 66.0 cm³/mol. The molecule has 1 saturated heterocycles. The van der Waals surface area contributed by atoms with Crippen molar-refractivity contribution >= 4 is 23.4 Å². The Labute approximate surface area is 112 Å². The number of ether oxygens (including phenoxy) is 1. The second-order valence-corrected chi connectivity index (χ2v) is 4.72. The van der Waals surface area contributed by atoms with Crippen LogP contribution >= 0.6 is 12.2 Å². The largest absolute Gasteiger partial charge is 0.493 e. The Hall–Kier alpha value is -1.55. The fraction of sp³-hybridized carbons (Fsp3) is 0.500. The van der Waals surface area contributed by atoms with Crippen molar-refractivity contribution in [2.45, 2.75) is 24.9 Å². The lowest BCUT2D eigenvalue weighted by Crippen LogP contribution is -2.24. The molecular weight excluding hydrogens is 272 g/mol. The molecule has 0 bridgehead atoms. The SMILES string of the molecule is OC[C@@H]1O[C@@H](n2cnc3c(O)[nH]c(=S)nc32)C[C@H]1O. The minimum absolute atomic E-state index is 0.129. The summed E-state index contributed by atoms with van der Waals surface area (Å²) in [5.41, 5.74) is 0.649. The van der Waals surface area contributed by atoms with Crippen molar-refractivity contribution in [2.24, 2.45) is 0 Å². The maximum absolute atomic E-state index is 9.72. The van der Waals surface area contributed by atoms with Crippen molar-refractivity contribution in [1.29, 1.82) is 0 Å². The van der Waals surface area contributed by atoms with E-state index in [2.05, 4.69) is 15.0 Å². The third kappa shape index (κ3) is 2.00. The number of H-pyrrole nitrogens is 1. The number of rotatable bonds is 2. The van der Waals surface area contributed by atoms with Crippen LogP contribution in [0, 0.1) is 4.77 Å². The summed E-state index contributed by atoms with van der Waals surface area (Å²) in [4.78, 5) is 10.6. The van der Waals surface area contributed by atoms with Gasteiger partial charge in [0.15, 0.2) is 11.2 Å². The summed E-state index contributed by atoms with van der Waals surface area (Å²) in [5, 5.41) is 28.5. The summed E-state index contributed by atoms with van der Waals surface area (Å²) < 4.78 is 7.22. The first-order chi connectivity index (χ1) is 9.10. The molecule has 4 N–H and O–H groups in total. The molecule has 0 radical (unpaired) electrons. The van der Waals surface area contributed by atoms with E-state index in [1.54, 1.807) is 4.57 Å². The molecule has 0 aromatic carbocycles. The number of aliphatic hydroxyl groups is 2. The van der Waals surface area contributed by atoms with Gasteiger partial charge in [-0.15, -0.1) is 0 Å². The highest BCUT2D eigenvalue weighted by Crippen LogP contribution is 2.31. The average Bonchev–Trinajstić information content (AvgIpc) is 2.92. The molecule has 19 heavy (non-hydrogen) atoms. The van der Waals surface area contributed by atoms with E-state index in [-0.39, 0.29) is 22.8 Å². The van der Waals surface area contributed by atoms with Crippen LogP contribution in [-0.4, -0.2) is 53.7 Å². The lowest BCUT2D eigenvalue weighted by Gasteiger charge is -2.13. The second kappa shape index (κ2) is 4.53. The molecule has 3 atom stereocenters. The van der Waals surface area contributed by atoms with Crippen LogP contribution in [0.25, 0.3) is 11.2 Å². The number of fused-ring (bicyclic) bond motifs is 1. The number of nitrogens with zero attached hydrogens (tertiary/aromatic N) is 3. The van der Waals surface area contributed by atoms with Crippen molar-refractivity contribution in [3.05, 3.63) is 11.1 Å². The normalized spacial score (nSPS) is 27.2. The molecule has 1 fully saturated rings. The Kier molecular flexibility index (Phi) is 2.97. The van der Waals surface area contributed by atoms with E-state index in [4.69, 9.17) is 22.1 Å². The molecule has 0 aliphatic carbocycles. The van der Waals surface area contributed by atoms with Crippen LogP contribution in [0.2, 0.25) is 0 Å². The van der Waals surface area contributed by atoms with E-state index in [1.807, 2.05) is 0 Å². The molecule has 2 aromatic rings. The number of imidazole rings is 1. The maximum atomic E-state index is 9.72. The van der Waals surface area contributed by atoms with Crippen LogP contribution in [0.3, 0.4) is 0 Å². The Morgan fingerprint density at radius 1 is 1.58 bits per heavy atom. The van der Waals surface area contributed by atoms with Gasteiger partial charge >= 0.3 is 0 Å². The highest BCUT2D eigenvalue weighted by atomic mass is 32.1. The lowest BCUT2D eigenvalue weighted by molar-refractivity contribution is -0.0432.